The van der Waals surface area contributed by atoms with Crippen molar-refractivity contribution < 1.29 is 17.9 Å². The Bertz CT molecular complexity index is 580. The van der Waals surface area contributed by atoms with E-state index in [1.54, 1.807) is 24.3 Å². The highest BCUT2D eigenvalue weighted by atomic mass is 32.2. The number of carbonyl (C=O) groups excluding carboxylic acids is 1. The van der Waals surface area contributed by atoms with Gasteiger partial charge in [0.25, 0.3) is 0 Å². The summed E-state index contributed by atoms with van der Waals surface area (Å²) in [4.78, 5) is 11.9. The zero-order valence-corrected chi connectivity index (χ0v) is 12.4. The number of benzene rings is 1. The Morgan fingerprint density at radius 3 is 2.50 bits per heavy atom. The van der Waals surface area contributed by atoms with Gasteiger partial charge in [-0.2, -0.15) is 0 Å². The topological polar surface area (TPSA) is 72.5 Å². The van der Waals surface area contributed by atoms with Crippen LogP contribution in [0.2, 0.25) is 0 Å². The van der Waals surface area contributed by atoms with Gasteiger partial charge in [0.15, 0.2) is 0 Å². The lowest BCUT2D eigenvalue weighted by Gasteiger charge is -2.19. The molecule has 1 aliphatic carbocycles. The molecule has 110 valence electrons. The fourth-order valence-corrected chi connectivity index (χ4v) is 3.83. The standard InChI is InChI=1S/C14H19NO4S/c1-10-6-8-11(9-7-10)20(17,18)15-13-5-3-4-12(13)14(16)19-2/h6-9,12-13,15H,3-5H2,1-2H3/t12-,13-/m1/s1. The Balaban J connectivity index is 2.15. The Labute approximate surface area is 119 Å². The minimum atomic E-state index is -3.59. The van der Waals surface area contributed by atoms with E-state index in [9.17, 15) is 13.2 Å². The third-order valence-corrected chi connectivity index (χ3v) is 5.16. The van der Waals surface area contributed by atoms with E-state index in [1.807, 2.05) is 6.92 Å². The average Bonchev–Trinajstić information content (AvgIpc) is 2.85. The number of hydrogen-bond acceptors (Lipinski definition) is 4. The van der Waals surface area contributed by atoms with Crippen LogP contribution in [0.4, 0.5) is 0 Å². The highest BCUT2D eigenvalue weighted by Gasteiger charge is 2.36. The minimum absolute atomic E-state index is 0.221. The zero-order chi connectivity index (χ0) is 14.8. The molecule has 0 bridgehead atoms. The van der Waals surface area contributed by atoms with Gasteiger partial charge in [-0.15, -0.1) is 0 Å². The average molecular weight is 297 g/mol. The first-order chi connectivity index (χ1) is 9.44. The second-order valence-electron chi connectivity index (χ2n) is 5.10. The summed E-state index contributed by atoms with van der Waals surface area (Å²) in [5.41, 5.74) is 0.997. The molecule has 1 aliphatic rings. The van der Waals surface area contributed by atoms with Crippen molar-refractivity contribution in [2.45, 2.75) is 37.1 Å². The summed E-state index contributed by atoms with van der Waals surface area (Å²) in [5.74, 6) is -0.737. The van der Waals surface area contributed by atoms with Crippen molar-refractivity contribution in [3.63, 3.8) is 0 Å². The molecule has 1 fully saturated rings. The first-order valence-corrected chi connectivity index (χ1v) is 8.09. The molecule has 1 N–H and O–H groups in total. The van der Waals surface area contributed by atoms with Crippen LogP contribution in [0.3, 0.4) is 0 Å². The van der Waals surface area contributed by atoms with Gasteiger partial charge in [0, 0.05) is 6.04 Å². The van der Waals surface area contributed by atoms with Gasteiger partial charge in [0.2, 0.25) is 10.0 Å². The molecule has 0 heterocycles. The number of sulfonamides is 1. The quantitative estimate of drug-likeness (QED) is 0.857. The predicted octanol–water partition coefficient (Wildman–Crippen LogP) is 1.62. The van der Waals surface area contributed by atoms with Gasteiger partial charge in [-0.1, -0.05) is 24.1 Å². The van der Waals surface area contributed by atoms with Crippen LogP contribution in [0.25, 0.3) is 0 Å². The first kappa shape index (κ1) is 15.0. The van der Waals surface area contributed by atoms with Gasteiger partial charge in [0.1, 0.15) is 0 Å². The van der Waals surface area contributed by atoms with Crippen molar-refractivity contribution >= 4 is 16.0 Å². The third-order valence-electron chi connectivity index (χ3n) is 3.66. The monoisotopic (exact) mass is 297 g/mol. The number of rotatable bonds is 4. The van der Waals surface area contributed by atoms with Crippen molar-refractivity contribution in [2.75, 3.05) is 7.11 Å². The van der Waals surface area contributed by atoms with Crippen LogP contribution in [0.1, 0.15) is 24.8 Å². The molecule has 2 rings (SSSR count). The lowest BCUT2D eigenvalue weighted by atomic mass is 10.1. The normalized spacial score (nSPS) is 22.7. The van der Waals surface area contributed by atoms with Crippen LogP contribution in [-0.4, -0.2) is 27.5 Å². The van der Waals surface area contributed by atoms with E-state index in [2.05, 4.69) is 4.72 Å². The summed E-state index contributed by atoms with van der Waals surface area (Å²) >= 11 is 0. The fourth-order valence-electron chi connectivity index (χ4n) is 2.52. The maximum absolute atomic E-state index is 12.3. The van der Waals surface area contributed by atoms with Crippen molar-refractivity contribution in [2.24, 2.45) is 5.92 Å². The molecule has 0 spiro atoms. The molecule has 0 amide bonds. The molecule has 1 saturated carbocycles. The lowest BCUT2D eigenvalue weighted by Crippen LogP contribution is -2.40. The van der Waals surface area contributed by atoms with Gasteiger partial charge in [-0.25, -0.2) is 13.1 Å². The van der Waals surface area contributed by atoms with Crippen molar-refractivity contribution in [3.8, 4) is 0 Å². The summed E-state index contributed by atoms with van der Waals surface area (Å²) in [6.07, 6.45) is 2.14. The number of nitrogens with one attached hydrogen (secondary N) is 1. The van der Waals surface area contributed by atoms with Gasteiger partial charge >= 0.3 is 5.97 Å². The Morgan fingerprint density at radius 1 is 1.25 bits per heavy atom. The van der Waals surface area contributed by atoms with Crippen LogP contribution < -0.4 is 4.72 Å². The summed E-state index contributed by atoms with van der Waals surface area (Å²) in [6.45, 7) is 1.90. The highest BCUT2D eigenvalue weighted by Crippen LogP contribution is 2.28. The first-order valence-electron chi connectivity index (χ1n) is 6.61. The Morgan fingerprint density at radius 2 is 1.90 bits per heavy atom. The molecular formula is C14H19NO4S. The molecule has 0 saturated heterocycles. The van der Waals surface area contributed by atoms with Crippen LogP contribution in [0.5, 0.6) is 0 Å². The van der Waals surface area contributed by atoms with Crippen LogP contribution >= 0.6 is 0 Å². The summed E-state index contributed by atoms with van der Waals surface area (Å²) in [7, 11) is -2.27. The molecule has 1 aromatic carbocycles. The second-order valence-corrected chi connectivity index (χ2v) is 6.82. The largest absolute Gasteiger partial charge is 0.469 e. The fraction of sp³-hybridized carbons (Fsp3) is 0.500. The number of aryl methyl sites for hydroxylation is 1. The van der Waals surface area contributed by atoms with Crippen molar-refractivity contribution in [3.05, 3.63) is 29.8 Å². The lowest BCUT2D eigenvalue weighted by molar-refractivity contribution is -0.145. The minimum Gasteiger partial charge on any atom is -0.469 e. The smallest absolute Gasteiger partial charge is 0.310 e. The van der Waals surface area contributed by atoms with Crippen LogP contribution in [0, 0.1) is 12.8 Å². The molecule has 0 unspecified atom stereocenters. The van der Waals surface area contributed by atoms with Crippen molar-refractivity contribution in [1.82, 2.24) is 4.72 Å². The molecule has 0 aliphatic heterocycles. The van der Waals surface area contributed by atoms with Gasteiger partial charge in [-0.05, 0) is 31.9 Å². The molecule has 1 aromatic rings. The molecule has 2 atom stereocenters. The Kier molecular flexibility index (Phi) is 4.45. The van der Waals surface area contributed by atoms with E-state index >= 15 is 0 Å². The maximum Gasteiger partial charge on any atom is 0.310 e. The molecule has 0 aromatic heterocycles. The number of hydrogen-bond donors (Lipinski definition) is 1. The molecule has 5 nitrogen and oxygen atoms in total. The number of methoxy groups -OCH3 is 1. The summed E-state index contributed by atoms with van der Waals surface area (Å²) in [6, 6.07) is 6.26. The van der Waals surface area contributed by atoms with E-state index in [1.165, 1.54) is 7.11 Å². The van der Waals surface area contributed by atoms with E-state index in [-0.39, 0.29) is 22.8 Å². The van der Waals surface area contributed by atoms with Gasteiger partial charge < -0.3 is 4.74 Å². The predicted molar refractivity (Wildman–Crippen MR) is 74.6 cm³/mol. The number of carbonyl (C=O) groups is 1. The number of esters is 1. The highest BCUT2D eigenvalue weighted by molar-refractivity contribution is 7.89. The summed E-state index contributed by atoms with van der Waals surface area (Å²) < 4.78 is 31.9. The van der Waals surface area contributed by atoms with Crippen LogP contribution in [-0.2, 0) is 19.6 Å². The van der Waals surface area contributed by atoms with Gasteiger partial charge in [0.05, 0.1) is 17.9 Å². The summed E-state index contributed by atoms with van der Waals surface area (Å²) in [5, 5.41) is 0. The SMILES string of the molecule is COC(=O)[C@@H]1CCC[C@H]1NS(=O)(=O)c1ccc(C)cc1. The third kappa shape index (κ3) is 3.19. The maximum atomic E-state index is 12.3. The molecule has 20 heavy (non-hydrogen) atoms. The van der Waals surface area contributed by atoms with Crippen LogP contribution in [0.15, 0.2) is 29.2 Å². The zero-order valence-electron chi connectivity index (χ0n) is 11.6. The molecule has 0 radical (unpaired) electrons. The van der Waals surface area contributed by atoms with E-state index in [4.69, 9.17) is 4.74 Å². The van der Waals surface area contributed by atoms with Gasteiger partial charge in [-0.3, -0.25) is 4.79 Å². The molecular weight excluding hydrogens is 278 g/mol. The van der Waals surface area contributed by atoms with E-state index in [0.29, 0.717) is 12.8 Å². The Hall–Kier alpha value is -1.40. The number of ether oxygens (including phenoxy) is 1. The second kappa shape index (κ2) is 5.93. The van der Waals surface area contributed by atoms with E-state index < -0.39 is 10.0 Å². The van der Waals surface area contributed by atoms with Crippen molar-refractivity contribution in [1.29, 1.82) is 0 Å². The molecule has 6 heteroatoms. The van der Waals surface area contributed by atoms with E-state index in [0.717, 1.165) is 12.0 Å².